The molecule has 5 heteroatoms. The molecule has 0 saturated heterocycles. The first-order chi connectivity index (χ1) is 9.09. The molecule has 1 amide bonds. The number of pyridine rings is 1. The highest BCUT2D eigenvalue weighted by Gasteiger charge is 2.32. The summed E-state index contributed by atoms with van der Waals surface area (Å²) >= 11 is 0. The fraction of sp³-hybridized carbons (Fsp3) is 0.500. The van der Waals surface area contributed by atoms with Crippen LogP contribution in [0, 0.1) is 11.8 Å². The van der Waals surface area contributed by atoms with Crippen LogP contribution in [0.3, 0.4) is 0 Å². The molecule has 0 spiro atoms. The van der Waals surface area contributed by atoms with Gasteiger partial charge in [-0.1, -0.05) is 6.42 Å². The Balaban J connectivity index is 2.05. The van der Waals surface area contributed by atoms with Crippen molar-refractivity contribution in [1.82, 2.24) is 4.98 Å². The number of hydrogen-bond donors (Lipinski definition) is 1. The Kier molecular flexibility index (Phi) is 4.14. The predicted octanol–water partition coefficient (Wildman–Crippen LogP) is 1.94. The largest absolute Gasteiger partial charge is 0.481 e. The molecule has 0 bridgehead atoms. The Morgan fingerprint density at radius 2 is 2.11 bits per heavy atom. The van der Waals surface area contributed by atoms with Crippen LogP contribution in [0.2, 0.25) is 0 Å². The van der Waals surface area contributed by atoms with E-state index < -0.39 is 5.97 Å². The van der Waals surface area contributed by atoms with E-state index in [0.717, 1.165) is 18.5 Å². The van der Waals surface area contributed by atoms with Crippen molar-refractivity contribution in [3.8, 4) is 0 Å². The highest BCUT2D eigenvalue weighted by atomic mass is 16.4. The minimum Gasteiger partial charge on any atom is -0.481 e. The van der Waals surface area contributed by atoms with E-state index in [1.54, 1.807) is 30.4 Å². The summed E-state index contributed by atoms with van der Waals surface area (Å²) in [6.07, 6.45) is 5.98. The van der Waals surface area contributed by atoms with Gasteiger partial charge in [0.2, 0.25) is 5.91 Å². The van der Waals surface area contributed by atoms with E-state index in [0.29, 0.717) is 12.8 Å². The minimum atomic E-state index is -0.790. The standard InChI is InChI=1S/C14H18N2O3/c1-16(12-6-3-7-15-9-12)13(17)10-4-2-5-11(8-10)14(18)19/h3,6-7,9-11H,2,4-5,8H2,1H3,(H,18,19). The van der Waals surface area contributed by atoms with Crippen LogP contribution in [0.5, 0.6) is 0 Å². The number of carbonyl (C=O) groups excluding carboxylic acids is 1. The van der Waals surface area contributed by atoms with Crippen LogP contribution in [0.4, 0.5) is 5.69 Å². The Bertz CT molecular complexity index is 461. The van der Waals surface area contributed by atoms with Crippen molar-refractivity contribution < 1.29 is 14.7 Å². The third kappa shape index (κ3) is 3.10. The van der Waals surface area contributed by atoms with E-state index in [4.69, 9.17) is 5.11 Å². The fourth-order valence-corrected chi connectivity index (χ4v) is 2.59. The summed E-state index contributed by atoms with van der Waals surface area (Å²) in [7, 11) is 1.71. The van der Waals surface area contributed by atoms with Gasteiger partial charge in [-0.3, -0.25) is 14.6 Å². The van der Waals surface area contributed by atoms with Crippen LogP contribution in [0.25, 0.3) is 0 Å². The van der Waals surface area contributed by atoms with E-state index in [1.165, 1.54) is 0 Å². The van der Waals surface area contributed by atoms with Gasteiger partial charge in [-0.2, -0.15) is 0 Å². The highest BCUT2D eigenvalue weighted by Crippen LogP contribution is 2.31. The molecule has 2 atom stereocenters. The van der Waals surface area contributed by atoms with Crippen molar-refractivity contribution in [2.24, 2.45) is 11.8 Å². The van der Waals surface area contributed by atoms with Crippen LogP contribution < -0.4 is 4.90 Å². The third-order valence-corrected chi connectivity index (χ3v) is 3.74. The van der Waals surface area contributed by atoms with Gasteiger partial charge < -0.3 is 10.0 Å². The topological polar surface area (TPSA) is 70.5 Å². The summed E-state index contributed by atoms with van der Waals surface area (Å²) in [6.45, 7) is 0. The molecule has 1 aromatic rings. The number of carboxylic acids is 1. The second-order valence-corrected chi connectivity index (χ2v) is 5.01. The Labute approximate surface area is 112 Å². The first kappa shape index (κ1) is 13.5. The number of carbonyl (C=O) groups is 2. The first-order valence-electron chi connectivity index (χ1n) is 6.50. The van der Waals surface area contributed by atoms with Crippen molar-refractivity contribution in [3.05, 3.63) is 24.5 Å². The second kappa shape index (κ2) is 5.82. The number of rotatable bonds is 3. The van der Waals surface area contributed by atoms with Gasteiger partial charge in [0.1, 0.15) is 0 Å². The lowest BCUT2D eigenvalue weighted by atomic mass is 9.81. The zero-order chi connectivity index (χ0) is 13.8. The molecule has 102 valence electrons. The van der Waals surface area contributed by atoms with Crippen LogP contribution in [-0.2, 0) is 9.59 Å². The van der Waals surface area contributed by atoms with Crippen LogP contribution in [0.15, 0.2) is 24.5 Å². The number of anilines is 1. The zero-order valence-electron chi connectivity index (χ0n) is 11.0. The summed E-state index contributed by atoms with van der Waals surface area (Å²) in [5, 5.41) is 9.06. The van der Waals surface area contributed by atoms with E-state index in [1.807, 2.05) is 6.07 Å². The van der Waals surface area contributed by atoms with Gasteiger partial charge in [-0.05, 0) is 31.4 Å². The van der Waals surface area contributed by atoms with Crippen molar-refractivity contribution in [1.29, 1.82) is 0 Å². The number of aromatic nitrogens is 1. The molecule has 1 saturated carbocycles. The second-order valence-electron chi connectivity index (χ2n) is 5.01. The molecule has 1 fully saturated rings. The lowest BCUT2D eigenvalue weighted by Crippen LogP contribution is -2.36. The average Bonchev–Trinajstić information content (AvgIpc) is 2.46. The normalized spacial score (nSPS) is 22.8. The monoisotopic (exact) mass is 262 g/mol. The summed E-state index contributed by atoms with van der Waals surface area (Å²) in [6, 6.07) is 3.60. The van der Waals surface area contributed by atoms with E-state index in [9.17, 15) is 9.59 Å². The number of amides is 1. The first-order valence-corrected chi connectivity index (χ1v) is 6.50. The van der Waals surface area contributed by atoms with Gasteiger partial charge in [-0.25, -0.2) is 0 Å². The summed E-state index contributed by atoms with van der Waals surface area (Å²) < 4.78 is 0. The molecular weight excluding hydrogens is 244 g/mol. The molecular formula is C14H18N2O3. The van der Waals surface area contributed by atoms with Gasteiger partial charge in [0.05, 0.1) is 17.8 Å². The summed E-state index contributed by atoms with van der Waals surface area (Å²) in [5.74, 6) is -1.38. The van der Waals surface area contributed by atoms with E-state index in [-0.39, 0.29) is 17.7 Å². The van der Waals surface area contributed by atoms with Gasteiger partial charge in [0.25, 0.3) is 0 Å². The Morgan fingerprint density at radius 3 is 2.74 bits per heavy atom. The van der Waals surface area contributed by atoms with Crippen molar-refractivity contribution in [2.45, 2.75) is 25.7 Å². The van der Waals surface area contributed by atoms with Crippen molar-refractivity contribution in [2.75, 3.05) is 11.9 Å². The lowest BCUT2D eigenvalue weighted by Gasteiger charge is -2.29. The number of aliphatic carboxylic acids is 1. The van der Waals surface area contributed by atoms with Crippen LogP contribution >= 0.6 is 0 Å². The van der Waals surface area contributed by atoms with E-state index >= 15 is 0 Å². The predicted molar refractivity (Wildman–Crippen MR) is 70.7 cm³/mol. The molecule has 2 unspecified atom stereocenters. The van der Waals surface area contributed by atoms with Gasteiger partial charge in [0.15, 0.2) is 0 Å². The molecule has 0 radical (unpaired) electrons. The molecule has 2 rings (SSSR count). The molecule has 5 nitrogen and oxygen atoms in total. The molecule has 1 heterocycles. The fourth-order valence-electron chi connectivity index (χ4n) is 2.59. The molecule has 1 aliphatic rings. The SMILES string of the molecule is CN(C(=O)C1CCCC(C(=O)O)C1)c1cccnc1. The molecule has 1 aliphatic carbocycles. The summed E-state index contributed by atoms with van der Waals surface area (Å²) in [4.78, 5) is 29.0. The lowest BCUT2D eigenvalue weighted by molar-refractivity contribution is -0.143. The maximum Gasteiger partial charge on any atom is 0.306 e. The van der Waals surface area contributed by atoms with Crippen molar-refractivity contribution >= 4 is 17.6 Å². The highest BCUT2D eigenvalue weighted by molar-refractivity contribution is 5.94. The molecule has 0 aliphatic heterocycles. The minimum absolute atomic E-state index is 0.0149. The maximum atomic E-state index is 12.4. The number of carboxylic acid groups (broad SMARTS) is 1. The van der Waals surface area contributed by atoms with Crippen molar-refractivity contribution in [3.63, 3.8) is 0 Å². The maximum absolute atomic E-state index is 12.4. The quantitative estimate of drug-likeness (QED) is 0.903. The summed E-state index contributed by atoms with van der Waals surface area (Å²) in [5.41, 5.74) is 0.741. The smallest absolute Gasteiger partial charge is 0.306 e. The molecule has 0 aromatic carbocycles. The number of nitrogens with zero attached hydrogens (tertiary/aromatic N) is 2. The molecule has 1 N–H and O–H groups in total. The Hall–Kier alpha value is -1.91. The van der Waals surface area contributed by atoms with Gasteiger partial charge in [-0.15, -0.1) is 0 Å². The van der Waals surface area contributed by atoms with E-state index in [2.05, 4.69) is 4.98 Å². The Morgan fingerprint density at radius 1 is 1.37 bits per heavy atom. The third-order valence-electron chi connectivity index (χ3n) is 3.74. The van der Waals surface area contributed by atoms with Gasteiger partial charge >= 0.3 is 5.97 Å². The average molecular weight is 262 g/mol. The number of hydrogen-bond acceptors (Lipinski definition) is 3. The van der Waals surface area contributed by atoms with Gasteiger partial charge in [0, 0.05) is 19.2 Å². The molecule has 1 aromatic heterocycles. The molecule has 19 heavy (non-hydrogen) atoms. The van der Waals surface area contributed by atoms with Crippen LogP contribution in [0.1, 0.15) is 25.7 Å². The van der Waals surface area contributed by atoms with Crippen LogP contribution in [-0.4, -0.2) is 29.0 Å². The zero-order valence-corrected chi connectivity index (χ0v) is 11.0.